The molecule has 2 nitrogen and oxygen atoms in total. The van der Waals surface area contributed by atoms with Crippen LogP contribution in [0.1, 0.15) is 65.5 Å². The van der Waals surface area contributed by atoms with Gasteiger partial charge in [-0.2, -0.15) is 0 Å². The fraction of sp³-hybridized carbons (Fsp3) is 0.462. The summed E-state index contributed by atoms with van der Waals surface area (Å²) in [5, 5.41) is 0. The van der Waals surface area contributed by atoms with Crippen molar-refractivity contribution in [3.63, 3.8) is 0 Å². The Hall–Kier alpha value is -1.90. The highest BCUT2D eigenvalue weighted by molar-refractivity contribution is 5.78. The number of rotatable bonds is 4. The van der Waals surface area contributed by atoms with Crippen molar-refractivity contribution in [2.75, 3.05) is 0 Å². The quantitative estimate of drug-likeness (QED) is 0.691. The molecule has 0 bridgehead atoms. The van der Waals surface area contributed by atoms with E-state index in [4.69, 9.17) is 11.5 Å². The maximum atomic E-state index is 6.45. The van der Waals surface area contributed by atoms with Gasteiger partial charge in [-0.25, -0.2) is 0 Å². The summed E-state index contributed by atoms with van der Waals surface area (Å²) >= 11 is 0. The van der Waals surface area contributed by atoms with Crippen LogP contribution in [-0.4, -0.2) is 11.1 Å². The van der Waals surface area contributed by atoms with Crippen molar-refractivity contribution in [2.24, 2.45) is 23.3 Å². The number of benzene rings is 1. The minimum atomic E-state index is -0.282. The van der Waals surface area contributed by atoms with Crippen LogP contribution < -0.4 is 11.5 Å². The van der Waals surface area contributed by atoms with E-state index in [1.54, 1.807) is 0 Å². The standard InChI is InChI=1S/C26H36N2/c1-17(2)21-11-13-25(5,27)15-23(21)19-7-9-20(10-8-19)24-16-26(6,28)14-12-22(24)18(3)4/h7-14,17-18H,15-16,27-28H2,1-6H3. The third kappa shape index (κ3) is 4.39. The van der Waals surface area contributed by atoms with Crippen LogP contribution in [-0.2, 0) is 0 Å². The van der Waals surface area contributed by atoms with Gasteiger partial charge >= 0.3 is 0 Å². The zero-order chi connectivity index (χ0) is 20.7. The molecule has 0 spiro atoms. The van der Waals surface area contributed by atoms with E-state index in [0.717, 1.165) is 12.8 Å². The molecule has 2 unspecified atom stereocenters. The zero-order valence-corrected chi connectivity index (χ0v) is 18.3. The molecule has 0 heterocycles. The van der Waals surface area contributed by atoms with Gasteiger partial charge in [0.1, 0.15) is 0 Å². The third-order valence-electron chi connectivity index (χ3n) is 5.93. The third-order valence-corrected chi connectivity index (χ3v) is 5.93. The molecular formula is C26H36N2. The molecule has 0 saturated carbocycles. The van der Waals surface area contributed by atoms with Crippen LogP contribution in [0.5, 0.6) is 0 Å². The second kappa shape index (κ2) is 7.50. The van der Waals surface area contributed by atoms with Crippen molar-refractivity contribution in [3.05, 3.63) is 70.8 Å². The van der Waals surface area contributed by atoms with Gasteiger partial charge in [0.2, 0.25) is 0 Å². The van der Waals surface area contributed by atoms with Gasteiger partial charge in [-0.05, 0) is 71.9 Å². The molecule has 1 aromatic rings. The summed E-state index contributed by atoms with van der Waals surface area (Å²) in [6, 6.07) is 9.05. The monoisotopic (exact) mass is 376 g/mol. The fourth-order valence-corrected chi connectivity index (χ4v) is 4.34. The summed E-state index contributed by atoms with van der Waals surface area (Å²) in [4.78, 5) is 0. The Morgan fingerprint density at radius 1 is 0.679 bits per heavy atom. The lowest BCUT2D eigenvalue weighted by Crippen LogP contribution is -2.36. The van der Waals surface area contributed by atoms with Crippen molar-refractivity contribution in [2.45, 2.75) is 65.5 Å². The summed E-state index contributed by atoms with van der Waals surface area (Å²) in [6.45, 7) is 13.2. The molecule has 2 aliphatic carbocycles. The summed E-state index contributed by atoms with van der Waals surface area (Å²) < 4.78 is 0. The second-order valence-electron chi connectivity index (χ2n) is 9.79. The van der Waals surface area contributed by atoms with E-state index in [1.807, 2.05) is 0 Å². The maximum absolute atomic E-state index is 6.45. The molecule has 3 rings (SSSR count). The van der Waals surface area contributed by atoms with Crippen molar-refractivity contribution < 1.29 is 0 Å². The maximum Gasteiger partial charge on any atom is 0.0354 e. The normalized spacial score (nSPS) is 28.1. The molecule has 28 heavy (non-hydrogen) atoms. The summed E-state index contributed by atoms with van der Waals surface area (Å²) in [5.74, 6) is 0.970. The highest BCUT2D eigenvalue weighted by atomic mass is 14.7. The molecule has 0 fully saturated rings. The van der Waals surface area contributed by atoms with Gasteiger partial charge in [0.15, 0.2) is 0 Å². The molecule has 0 aromatic heterocycles. The summed E-state index contributed by atoms with van der Waals surface area (Å²) in [6.07, 6.45) is 10.5. The highest BCUT2D eigenvalue weighted by Crippen LogP contribution is 2.38. The van der Waals surface area contributed by atoms with E-state index in [2.05, 4.69) is 90.1 Å². The molecule has 2 atom stereocenters. The zero-order valence-electron chi connectivity index (χ0n) is 18.3. The molecule has 4 N–H and O–H groups in total. The molecule has 0 aliphatic heterocycles. The lowest BCUT2D eigenvalue weighted by Gasteiger charge is -2.31. The molecule has 0 saturated heterocycles. The molecular weight excluding hydrogens is 340 g/mol. The van der Waals surface area contributed by atoms with Crippen molar-refractivity contribution in [3.8, 4) is 0 Å². The first kappa shape index (κ1) is 20.8. The van der Waals surface area contributed by atoms with E-state index in [9.17, 15) is 0 Å². The molecule has 2 aliphatic rings. The van der Waals surface area contributed by atoms with Gasteiger partial charge in [0.25, 0.3) is 0 Å². The molecule has 2 heteroatoms. The van der Waals surface area contributed by atoms with Gasteiger partial charge in [-0.1, -0.05) is 76.3 Å². The van der Waals surface area contributed by atoms with Crippen LogP contribution in [0.25, 0.3) is 11.1 Å². The Kier molecular flexibility index (Phi) is 5.58. The minimum absolute atomic E-state index is 0.282. The smallest absolute Gasteiger partial charge is 0.0354 e. The topological polar surface area (TPSA) is 52.0 Å². The predicted molar refractivity (Wildman–Crippen MR) is 123 cm³/mol. The molecule has 1 aromatic carbocycles. The molecule has 150 valence electrons. The minimum Gasteiger partial charge on any atom is -0.322 e. The van der Waals surface area contributed by atoms with Gasteiger partial charge in [-0.3, -0.25) is 0 Å². The number of hydrogen-bond acceptors (Lipinski definition) is 2. The Balaban J connectivity index is 2.01. The van der Waals surface area contributed by atoms with Crippen LogP contribution in [0, 0.1) is 11.8 Å². The van der Waals surface area contributed by atoms with Gasteiger partial charge in [-0.15, -0.1) is 0 Å². The SMILES string of the molecule is CC(C)C1=C(c2ccc(C3=C(C(C)C)C=CC(C)(N)C3)cc2)CC(C)(N)C=C1. The average molecular weight is 377 g/mol. The summed E-state index contributed by atoms with van der Waals surface area (Å²) in [7, 11) is 0. The number of nitrogens with two attached hydrogens (primary N) is 2. The van der Waals surface area contributed by atoms with E-state index < -0.39 is 0 Å². The Morgan fingerprint density at radius 3 is 1.29 bits per heavy atom. The van der Waals surface area contributed by atoms with Gasteiger partial charge in [0.05, 0.1) is 0 Å². The van der Waals surface area contributed by atoms with Crippen molar-refractivity contribution >= 4 is 11.1 Å². The first-order valence-corrected chi connectivity index (χ1v) is 10.5. The Bertz CT molecular complexity index is 783. The largest absolute Gasteiger partial charge is 0.322 e. The first-order valence-electron chi connectivity index (χ1n) is 10.5. The van der Waals surface area contributed by atoms with Crippen LogP contribution in [0.4, 0.5) is 0 Å². The van der Waals surface area contributed by atoms with Crippen LogP contribution in [0.15, 0.2) is 59.7 Å². The van der Waals surface area contributed by atoms with E-state index >= 15 is 0 Å². The highest BCUT2D eigenvalue weighted by Gasteiger charge is 2.27. The first-order chi connectivity index (χ1) is 13.0. The Morgan fingerprint density at radius 2 is 1.00 bits per heavy atom. The van der Waals surface area contributed by atoms with Gasteiger partial charge < -0.3 is 11.5 Å². The van der Waals surface area contributed by atoms with Gasteiger partial charge in [0, 0.05) is 11.1 Å². The average Bonchev–Trinajstić information content (AvgIpc) is 2.59. The Labute approximate surface area is 171 Å². The van der Waals surface area contributed by atoms with Crippen molar-refractivity contribution in [1.29, 1.82) is 0 Å². The fourth-order valence-electron chi connectivity index (χ4n) is 4.34. The summed E-state index contributed by atoms with van der Waals surface area (Å²) in [5.41, 5.74) is 20.4. The second-order valence-corrected chi connectivity index (χ2v) is 9.79. The van der Waals surface area contributed by atoms with E-state index in [0.29, 0.717) is 11.8 Å². The van der Waals surface area contributed by atoms with Crippen LogP contribution >= 0.6 is 0 Å². The lowest BCUT2D eigenvalue weighted by atomic mass is 9.77. The predicted octanol–water partition coefficient (Wildman–Crippen LogP) is 5.86. The van der Waals surface area contributed by atoms with Crippen molar-refractivity contribution in [1.82, 2.24) is 0 Å². The molecule has 0 radical (unpaired) electrons. The van der Waals surface area contributed by atoms with E-state index in [-0.39, 0.29) is 11.1 Å². The van der Waals surface area contributed by atoms with E-state index in [1.165, 1.54) is 33.4 Å². The van der Waals surface area contributed by atoms with Crippen LogP contribution in [0.3, 0.4) is 0 Å². The molecule has 0 amide bonds. The van der Waals surface area contributed by atoms with Crippen LogP contribution in [0.2, 0.25) is 0 Å². The lowest BCUT2D eigenvalue weighted by molar-refractivity contribution is 0.587. The number of hydrogen-bond donors (Lipinski definition) is 2. The number of allylic oxidation sites excluding steroid dienone is 4.